The number of hydrogen-bond donors (Lipinski definition) is 0. The van der Waals surface area contributed by atoms with Crippen LogP contribution in [0.15, 0.2) is 52.1 Å². The largest absolute Gasteiger partial charge is 0.493 e. The average Bonchev–Trinajstić information content (AvgIpc) is 3.15. The van der Waals surface area contributed by atoms with Crippen LogP contribution in [0, 0.1) is 17.0 Å². The van der Waals surface area contributed by atoms with Gasteiger partial charge in [-0.1, -0.05) is 17.8 Å². The van der Waals surface area contributed by atoms with Gasteiger partial charge in [0.15, 0.2) is 11.5 Å². The zero-order chi connectivity index (χ0) is 19.2. The lowest BCUT2D eigenvalue weighted by atomic mass is 10.2. The van der Waals surface area contributed by atoms with E-state index < -0.39 is 4.92 Å². The molecule has 27 heavy (non-hydrogen) atoms. The van der Waals surface area contributed by atoms with E-state index in [2.05, 4.69) is 10.2 Å². The fourth-order valence-corrected chi connectivity index (χ4v) is 2.86. The predicted octanol–water partition coefficient (Wildman–Crippen LogP) is 4.13. The minimum absolute atomic E-state index is 0.0107. The van der Waals surface area contributed by atoms with Crippen LogP contribution in [-0.2, 0) is 0 Å². The SMILES string of the molecule is COc1cc(C)ccc1OCCSc1nnc(-c2ccc([N+](=O)[O-])cc2)o1. The van der Waals surface area contributed by atoms with Crippen LogP contribution in [-0.4, -0.2) is 34.6 Å². The van der Waals surface area contributed by atoms with Crippen LogP contribution in [0.2, 0.25) is 0 Å². The van der Waals surface area contributed by atoms with Gasteiger partial charge >= 0.3 is 0 Å². The number of non-ortho nitro benzene ring substituents is 1. The van der Waals surface area contributed by atoms with E-state index in [1.807, 2.05) is 25.1 Å². The van der Waals surface area contributed by atoms with E-state index in [0.29, 0.717) is 40.5 Å². The number of rotatable bonds is 8. The fraction of sp³-hybridized carbons (Fsp3) is 0.222. The number of thioether (sulfide) groups is 1. The van der Waals surface area contributed by atoms with E-state index in [0.717, 1.165) is 5.56 Å². The first kappa shape index (κ1) is 18.7. The number of benzene rings is 2. The molecular weight excluding hydrogens is 370 g/mol. The van der Waals surface area contributed by atoms with E-state index in [1.54, 1.807) is 19.2 Å². The molecule has 0 atom stereocenters. The van der Waals surface area contributed by atoms with Crippen molar-refractivity contribution in [2.75, 3.05) is 19.5 Å². The summed E-state index contributed by atoms with van der Waals surface area (Å²) in [4.78, 5) is 10.2. The summed E-state index contributed by atoms with van der Waals surface area (Å²) in [7, 11) is 1.61. The molecular formula is C18H17N3O5S. The summed E-state index contributed by atoms with van der Waals surface area (Å²) in [6, 6.07) is 11.7. The first-order valence-electron chi connectivity index (χ1n) is 8.05. The Morgan fingerprint density at radius 3 is 2.63 bits per heavy atom. The van der Waals surface area contributed by atoms with Gasteiger partial charge in [-0.2, -0.15) is 0 Å². The van der Waals surface area contributed by atoms with Gasteiger partial charge in [0.1, 0.15) is 0 Å². The molecule has 3 rings (SSSR count). The molecule has 1 aromatic heterocycles. The number of nitro groups is 1. The molecule has 0 aliphatic rings. The summed E-state index contributed by atoms with van der Waals surface area (Å²) >= 11 is 1.37. The lowest BCUT2D eigenvalue weighted by molar-refractivity contribution is -0.384. The summed E-state index contributed by atoms with van der Waals surface area (Å²) in [6.07, 6.45) is 0. The topological polar surface area (TPSA) is 101 Å². The molecule has 0 aliphatic heterocycles. The van der Waals surface area contributed by atoms with Crippen molar-refractivity contribution < 1.29 is 18.8 Å². The standard InChI is InChI=1S/C18H17N3O5S/c1-12-3-8-15(16(11-12)24-2)25-9-10-27-18-20-19-17(26-18)13-4-6-14(7-5-13)21(22)23/h3-8,11H,9-10H2,1-2H3. The molecule has 9 heteroatoms. The number of aryl methyl sites for hydroxylation is 1. The van der Waals surface area contributed by atoms with Crippen LogP contribution < -0.4 is 9.47 Å². The number of methoxy groups -OCH3 is 1. The summed E-state index contributed by atoms with van der Waals surface area (Å²) in [5.41, 5.74) is 1.73. The maximum absolute atomic E-state index is 10.7. The van der Waals surface area contributed by atoms with Gasteiger partial charge in [0.25, 0.3) is 10.9 Å². The fourth-order valence-electron chi connectivity index (χ4n) is 2.29. The Bertz CT molecular complexity index is 927. The lowest BCUT2D eigenvalue weighted by Gasteiger charge is -2.10. The van der Waals surface area contributed by atoms with Gasteiger partial charge in [0.05, 0.1) is 18.6 Å². The number of hydrogen-bond acceptors (Lipinski definition) is 8. The van der Waals surface area contributed by atoms with Crippen LogP contribution in [0.4, 0.5) is 5.69 Å². The zero-order valence-corrected chi connectivity index (χ0v) is 15.6. The van der Waals surface area contributed by atoms with Crippen molar-refractivity contribution in [1.29, 1.82) is 0 Å². The van der Waals surface area contributed by atoms with Crippen molar-refractivity contribution in [3.05, 3.63) is 58.1 Å². The van der Waals surface area contributed by atoms with Gasteiger partial charge in [0.2, 0.25) is 5.89 Å². The summed E-state index contributed by atoms with van der Waals surface area (Å²) < 4.78 is 16.6. The van der Waals surface area contributed by atoms with E-state index in [-0.39, 0.29) is 5.69 Å². The third-order valence-electron chi connectivity index (χ3n) is 3.62. The van der Waals surface area contributed by atoms with Gasteiger partial charge in [-0.05, 0) is 36.8 Å². The smallest absolute Gasteiger partial charge is 0.276 e. The van der Waals surface area contributed by atoms with Crippen LogP contribution in [0.3, 0.4) is 0 Å². The predicted molar refractivity (Wildman–Crippen MR) is 100 cm³/mol. The maximum Gasteiger partial charge on any atom is 0.276 e. The molecule has 0 fully saturated rings. The van der Waals surface area contributed by atoms with Crippen molar-refractivity contribution in [3.63, 3.8) is 0 Å². The summed E-state index contributed by atoms with van der Waals surface area (Å²) in [6.45, 7) is 2.43. The van der Waals surface area contributed by atoms with Crippen LogP contribution in [0.1, 0.15) is 5.56 Å². The third-order valence-corrected chi connectivity index (χ3v) is 4.40. The minimum atomic E-state index is -0.456. The maximum atomic E-state index is 10.7. The number of ether oxygens (including phenoxy) is 2. The highest BCUT2D eigenvalue weighted by Crippen LogP contribution is 2.29. The first-order valence-corrected chi connectivity index (χ1v) is 9.04. The Morgan fingerprint density at radius 2 is 1.93 bits per heavy atom. The van der Waals surface area contributed by atoms with Gasteiger partial charge in [-0.3, -0.25) is 10.1 Å². The van der Waals surface area contributed by atoms with E-state index in [4.69, 9.17) is 13.9 Å². The second kappa shape index (κ2) is 8.54. The van der Waals surface area contributed by atoms with Gasteiger partial charge in [0, 0.05) is 23.4 Å². The number of aromatic nitrogens is 2. The van der Waals surface area contributed by atoms with Crippen molar-refractivity contribution in [3.8, 4) is 23.0 Å². The zero-order valence-electron chi connectivity index (χ0n) is 14.7. The Morgan fingerprint density at radius 1 is 1.15 bits per heavy atom. The molecule has 8 nitrogen and oxygen atoms in total. The summed E-state index contributed by atoms with van der Waals surface area (Å²) in [5.74, 6) is 2.30. The van der Waals surface area contributed by atoms with Crippen LogP contribution >= 0.6 is 11.8 Å². The summed E-state index contributed by atoms with van der Waals surface area (Å²) in [5, 5.41) is 19.0. The molecule has 0 unspecified atom stereocenters. The molecule has 1 heterocycles. The highest BCUT2D eigenvalue weighted by molar-refractivity contribution is 7.99. The Kier molecular flexibility index (Phi) is 5.92. The third kappa shape index (κ3) is 4.76. The molecule has 0 N–H and O–H groups in total. The highest BCUT2D eigenvalue weighted by atomic mass is 32.2. The first-order chi connectivity index (χ1) is 13.1. The molecule has 0 spiro atoms. The molecule has 0 saturated carbocycles. The highest BCUT2D eigenvalue weighted by Gasteiger charge is 2.12. The second-order valence-corrected chi connectivity index (χ2v) is 6.57. The molecule has 2 aromatic carbocycles. The quantitative estimate of drug-likeness (QED) is 0.246. The van der Waals surface area contributed by atoms with Crippen molar-refractivity contribution >= 4 is 17.4 Å². The molecule has 0 saturated heterocycles. The van der Waals surface area contributed by atoms with E-state index in [9.17, 15) is 10.1 Å². The van der Waals surface area contributed by atoms with Crippen molar-refractivity contribution in [2.45, 2.75) is 12.1 Å². The monoisotopic (exact) mass is 387 g/mol. The molecule has 3 aromatic rings. The van der Waals surface area contributed by atoms with E-state index in [1.165, 1.54) is 23.9 Å². The number of nitrogens with zero attached hydrogens (tertiary/aromatic N) is 3. The van der Waals surface area contributed by atoms with Crippen molar-refractivity contribution in [2.24, 2.45) is 0 Å². The van der Waals surface area contributed by atoms with Crippen LogP contribution in [0.25, 0.3) is 11.5 Å². The van der Waals surface area contributed by atoms with E-state index >= 15 is 0 Å². The Balaban J connectivity index is 1.53. The average molecular weight is 387 g/mol. The molecule has 0 amide bonds. The molecule has 0 aliphatic carbocycles. The second-order valence-electron chi connectivity index (χ2n) is 5.53. The molecule has 0 radical (unpaired) electrons. The van der Waals surface area contributed by atoms with Gasteiger partial charge in [-0.25, -0.2) is 0 Å². The Labute approximate surface area is 159 Å². The van der Waals surface area contributed by atoms with Gasteiger partial charge < -0.3 is 13.9 Å². The molecule has 0 bridgehead atoms. The van der Waals surface area contributed by atoms with Crippen molar-refractivity contribution in [1.82, 2.24) is 10.2 Å². The van der Waals surface area contributed by atoms with Gasteiger partial charge in [-0.15, -0.1) is 10.2 Å². The van der Waals surface area contributed by atoms with Crippen LogP contribution in [0.5, 0.6) is 11.5 Å². The molecule has 140 valence electrons. The Hall–Kier alpha value is -3.07. The normalized spacial score (nSPS) is 10.6. The minimum Gasteiger partial charge on any atom is -0.493 e. The number of nitro benzene ring substituents is 1. The lowest BCUT2D eigenvalue weighted by Crippen LogP contribution is -2.01.